The minimum atomic E-state index is -4.95. The second kappa shape index (κ2) is 65.0. The number of esters is 4. The van der Waals surface area contributed by atoms with E-state index in [4.69, 9.17) is 37.0 Å². The zero-order valence-corrected chi connectivity index (χ0v) is 61.6. The molecule has 5 atom stereocenters. The normalized spacial score (nSPS) is 14.1. The van der Waals surface area contributed by atoms with E-state index in [0.717, 1.165) is 108 Å². The molecule has 0 aliphatic carbocycles. The molecular formula is C73H142O17P2. The van der Waals surface area contributed by atoms with Gasteiger partial charge in [0.05, 0.1) is 26.4 Å². The van der Waals surface area contributed by atoms with Crippen molar-refractivity contribution in [2.75, 3.05) is 39.6 Å². The number of rotatable bonds is 72. The second-order valence-electron chi connectivity index (χ2n) is 27.3. The Labute approximate surface area is 562 Å². The summed E-state index contributed by atoms with van der Waals surface area (Å²) in [6, 6.07) is 0. The van der Waals surface area contributed by atoms with Crippen LogP contribution in [0.5, 0.6) is 0 Å². The molecule has 0 amide bonds. The van der Waals surface area contributed by atoms with Gasteiger partial charge in [-0.25, -0.2) is 9.13 Å². The van der Waals surface area contributed by atoms with E-state index in [-0.39, 0.29) is 25.7 Å². The highest BCUT2D eigenvalue weighted by molar-refractivity contribution is 7.47. The molecule has 2 unspecified atom stereocenters. The lowest BCUT2D eigenvalue weighted by molar-refractivity contribution is -0.161. The Bertz CT molecular complexity index is 1790. The average Bonchev–Trinajstić information content (AvgIpc) is 1.73. The van der Waals surface area contributed by atoms with Gasteiger partial charge in [0, 0.05) is 25.7 Å². The molecule has 0 fully saturated rings. The third-order valence-electron chi connectivity index (χ3n) is 17.0. The number of hydrogen-bond donors (Lipinski definition) is 3. The summed E-state index contributed by atoms with van der Waals surface area (Å²) >= 11 is 0. The molecule has 0 spiro atoms. The number of phosphoric acid groups is 2. The third-order valence-corrected chi connectivity index (χ3v) is 18.9. The van der Waals surface area contributed by atoms with Gasteiger partial charge in [0.1, 0.15) is 19.3 Å². The van der Waals surface area contributed by atoms with Gasteiger partial charge < -0.3 is 33.8 Å². The Morgan fingerprint density at radius 3 is 0.739 bits per heavy atom. The molecule has 0 heterocycles. The van der Waals surface area contributed by atoms with Gasteiger partial charge in [-0.05, 0) is 37.5 Å². The van der Waals surface area contributed by atoms with Gasteiger partial charge in [-0.1, -0.05) is 324 Å². The van der Waals surface area contributed by atoms with Crippen molar-refractivity contribution in [3.63, 3.8) is 0 Å². The van der Waals surface area contributed by atoms with Crippen molar-refractivity contribution in [1.29, 1.82) is 0 Å². The fourth-order valence-corrected chi connectivity index (χ4v) is 12.7. The minimum absolute atomic E-state index is 0.106. The molecule has 19 heteroatoms. The molecule has 0 bridgehead atoms. The number of hydrogen-bond acceptors (Lipinski definition) is 15. The summed E-state index contributed by atoms with van der Waals surface area (Å²) in [4.78, 5) is 72.4. The quantitative estimate of drug-likeness (QED) is 0.0222. The SMILES string of the molecule is CCCCCCCCCCCCCCCCCCCC(=O)O[C@H](COC(=O)CCCCCCCCCCCCCCCC(C)C)COP(=O)(O)OC[C@@H](O)COP(=O)(O)OC[C@@H](COC(=O)CCCCCCC)OC(=O)CCCCCCCCCCCCCC(C)C. The first-order valence-corrected chi connectivity index (χ1v) is 41.0. The van der Waals surface area contributed by atoms with Crippen molar-refractivity contribution in [2.45, 2.75) is 394 Å². The van der Waals surface area contributed by atoms with Gasteiger partial charge >= 0.3 is 39.5 Å². The lowest BCUT2D eigenvalue weighted by Crippen LogP contribution is -2.30. The fourth-order valence-electron chi connectivity index (χ4n) is 11.1. The van der Waals surface area contributed by atoms with Gasteiger partial charge in [0.2, 0.25) is 0 Å². The third kappa shape index (κ3) is 66.7. The lowest BCUT2D eigenvalue weighted by atomic mass is 10.0. The summed E-state index contributed by atoms with van der Waals surface area (Å²) in [6.07, 6.45) is 51.7. The topological polar surface area (TPSA) is 237 Å². The molecule has 546 valence electrons. The average molecular weight is 1350 g/mol. The number of carbonyl (C=O) groups is 4. The molecule has 0 rings (SSSR count). The first-order valence-electron chi connectivity index (χ1n) is 38.0. The van der Waals surface area contributed by atoms with Gasteiger partial charge in [-0.2, -0.15) is 0 Å². The maximum Gasteiger partial charge on any atom is 0.472 e. The van der Waals surface area contributed by atoms with E-state index in [9.17, 15) is 43.2 Å². The van der Waals surface area contributed by atoms with E-state index in [0.29, 0.717) is 25.7 Å². The first-order chi connectivity index (χ1) is 44.4. The summed E-state index contributed by atoms with van der Waals surface area (Å²) in [5, 5.41) is 10.6. The Kier molecular flexibility index (Phi) is 63.7. The van der Waals surface area contributed by atoms with E-state index in [1.54, 1.807) is 0 Å². The van der Waals surface area contributed by atoms with Crippen LogP contribution in [0.1, 0.15) is 375 Å². The molecule has 0 aromatic heterocycles. The molecule has 3 N–H and O–H groups in total. The molecule has 0 saturated heterocycles. The van der Waals surface area contributed by atoms with Crippen molar-refractivity contribution >= 4 is 39.5 Å². The molecule has 0 aromatic carbocycles. The molecule has 0 aliphatic heterocycles. The van der Waals surface area contributed by atoms with Crippen LogP contribution in [0, 0.1) is 11.8 Å². The smallest absolute Gasteiger partial charge is 0.462 e. The molecule has 0 aliphatic rings. The van der Waals surface area contributed by atoms with E-state index in [2.05, 4.69) is 41.5 Å². The van der Waals surface area contributed by atoms with Crippen molar-refractivity contribution in [1.82, 2.24) is 0 Å². The molecule has 0 radical (unpaired) electrons. The van der Waals surface area contributed by atoms with E-state index >= 15 is 0 Å². The van der Waals surface area contributed by atoms with Crippen molar-refractivity contribution in [2.24, 2.45) is 11.8 Å². The number of aliphatic hydroxyl groups is 1. The summed E-state index contributed by atoms with van der Waals surface area (Å²) in [5.41, 5.74) is 0. The summed E-state index contributed by atoms with van der Waals surface area (Å²) in [6.45, 7) is 9.51. The highest BCUT2D eigenvalue weighted by Crippen LogP contribution is 2.45. The van der Waals surface area contributed by atoms with Crippen molar-refractivity contribution < 1.29 is 80.2 Å². The van der Waals surface area contributed by atoms with Crippen LogP contribution >= 0.6 is 15.6 Å². The van der Waals surface area contributed by atoms with Gasteiger partial charge in [-0.15, -0.1) is 0 Å². The standard InChI is InChI=1S/C73H142O17P2/c1-7-9-11-13-14-15-16-17-18-19-20-23-29-34-39-45-51-57-73(78)90-69(62-84-71(76)56-50-44-38-33-28-24-21-22-26-31-36-42-47-53-65(3)4)64-88-92(81,82)86-60-67(74)59-85-91(79,80)87-63-68(61-83-70(75)55-49-41-12-10-8-2)89-72(77)58-52-46-40-35-30-25-27-32-37-43-48-54-66(5)6/h65-69,74H,7-64H2,1-6H3,(H,79,80)(H,81,82)/t67-,68+,69+/m0/s1. The van der Waals surface area contributed by atoms with Crippen molar-refractivity contribution in [3.05, 3.63) is 0 Å². The summed E-state index contributed by atoms with van der Waals surface area (Å²) in [7, 11) is -9.90. The largest absolute Gasteiger partial charge is 0.472 e. The number of aliphatic hydroxyl groups excluding tert-OH is 1. The van der Waals surface area contributed by atoms with Crippen LogP contribution in [0.15, 0.2) is 0 Å². The predicted octanol–water partition coefficient (Wildman–Crippen LogP) is 21.2. The van der Waals surface area contributed by atoms with Crippen LogP contribution < -0.4 is 0 Å². The van der Waals surface area contributed by atoms with Crippen LogP contribution in [0.4, 0.5) is 0 Å². The molecular weight excluding hydrogens is 1210 g/mol. The van der Waals surface area contributed by atoms with E-state index < -0.39 is 97.5 Å². The maximum absolute atomic E-state index is 13.0. The maximum atomic E-state index is 13.0. The van der Waals surface area contributed by atoms with Crippen LogP contribution in [-0.2, 0) is 65.4 Å². The fraction of sp³-hybridized carbons (Fsp3) is 0.945. The summed E-state index contributed by atoms with van der Waals surface area (Å²) in [5.74, 6) is -0.573. The highest BCUT2D eigenvalue weighted by Gasteiger charge is 2.30. The Morgan fingerprint density at radius 2 is 0.500 bits per heavy atom. The van der Waals surface area contributed by atoms with Crippen LogP contribution in [0.3, 0.4) is 0 Å². The zero-order chi connectivity index (χ0) is 67.9. The molecule has 92 heavy (non-hydrogen) atoms. The first kappa shape index (κ1) is 90.1. The molecule has 0 aromatic rings. The van der Waals surface area contributed by atoms with E-state index in [1.807, 2.05) is 0 Å². The van der Waals surface area contributed by atoms with Gasteiger partial charge in [-0.3, -0.25) is 37.3 Å². The Hall–Kier alpha value is -1.94. The highest BCUT2D eigenvalue weighted by atomic mass is 31.2. The number of unbranched alkanes of at least 4 members (excludes halogenated alkanes) is 42. The predicted molar refractivity (Wildman–Crippen MR) is 372 cm³/mol. The Balaban J connectivity index is 5.15. The van der Waals surface area contributed by atoms with Gasteiger partial charge in [0.15, 0.2) is 12.2 Å². The van der Waals surface area contributed by atoms with Crippen LogP contribution in [-0.4, -0.2) is 96.7 Å². The monoisotopic (exact) mass is 1350 g/mol. The second-order valence-corrected chi connectivity index (χ2v) is 30.2. The molecule has 0 saturated carbocycles. The van der Waals surface area contributed by atoms with Crippen LogP contribution in [0.25, 0.3) is 0 Å². The minimum Gasteiger partial charge on any atom is -0.462 e. The zero-order valence-electron chi connectivity index (χ0n) is 59.9. The van der Waals surface area contributed by atoms with Crippen LogP contribution in [0.2, 0.25) is 0 Å². The summed E-state index contributed by atoms with van der Waals surface area (Å²) < 4.78 is 68.2. The lowest BCUT2D eigenvalue weighted by Gasteiger charge is -2.21. The van der Waals surface area contributed by atoms with Gasteiger partial charge in [0.25, 0.3) is 0 Å². The van der Waals surface area contributed by atoms with Crippen molar-refractivity contribution in [3.8, 4) is 0 Å². The number of ether oxygens (including phenoxy) is 4. The Morgan fingerprint density at radius 1 is 0.293 bits per heavy atom. The number of carbonyl (C=O) groups excluding carboxylic acids is 4. The molecule has 17 nitrogen and oxygen atoms in total. The number of phosphoric ester groups is 2. The van der Waals surface area contributed by atoms with E-state index in [1.165, 1.54) is 186 Å².